The third kappa shape index (κ3) is 3.70. The fourth-order valence-corrected chi connectivity index (χ4v) is 5.67. The van der Waals surface area contributed by atoms with E-state index in [1.165, 1.54) is 44.8 Å². The fraction of sp³-hybridized carbons (Fsp3) is 0.452. The van der Waals surface area contributed by atoms with Crippen LogP contribution in [-0.2, 0) is 16.2 Å². The Kier molecular flexibility index (Phi) is 5.34. The molecule has 5 rings (SSSR count). The molecule has 0 amide bonds. The maximum atomic E-state index is 4.86. The Bertz CT molecular complexity index is 1340. The molecule has 3 heterocycles. The quantitative estimate of drug-likeness (QED) is 0.334. The molecule has 0 saturated heterocycles. The molecule has 0 N–H and O–H groups in total. The van der Waals surface area contributed by atoms with E-state index >= 15 is 0 Å². The Morgan fingerprint density at radius 2 is 1.22 bits per heavy atom. The highest BCUT2D eigenvalue weighted by molar-refractivity contribution is 6.69. The van der Waals surface area contributed by atoms with Crippen LogP contribution in [0.1, 0.15) is 90.1 Å². The first-order chi connectivity index (χ1) is 16.6. The van der Waals surface area contributed by atoms with Crippen molar-refractivity contribution in [3.05, 3.63) is 76.9 Å². The molecule has 0 atom stereocenters. The van der Waals surface area contributed by atoms with Crippen molar-refractivity contribution in [2.24, 2.45) is 0 Å². The van der Waals surface area contributed by atoms with Gasteiger partial charge < -0.3 is 14.1 Å². The number of hydrogen-bond acceptors (Lipinski definition) is 3. The van der Waals surface area contributed by atoms with Crippen molar-refractivity contribution in [2.75, 3.05) is 9.62 Å². The van der Waals surface area contributed by atoms with Crippen LogP contribution in [-0.4, -0.2) is 16.6 Å². The van der Waals surface area contributed by atoms with Gasteiger partial charge in [0.1, 0.15) is 5.82 Å². The number of imidazole rings is 1. The third-order valence-electron chi connectivity index (χ3n) is 7.72. The van der Waals surface area contributed by atoms with E-state index in [1.807, 2.05) is 6.20 Å². The lowest BCUT2D eigenvalue weighted by atomic mass is 9.71. The summed E-state index contributed by atoms with van der Waals surface area (Å²) in [4.78, 5) is 9.78. The van der Waals surface area contributed by atoms with Crippen LogP contribution in [0.3, 0.4) is 0 Å². The molecule has 0 bridgehead atoms. The molecule has 0 spiro atoms. The van der Waals surface area contributed by atoms with Gasteiger partial charge in [0.25, 0.3) is 0 Å². The smallest absolute Gasteiger partial charge is 0.350 e. The zero-order valence-electron chi connectivity index (χ0n) is 24.0. The van der Waals surface area contributed by atoms with Gasteiger partial charge in [0.2, 0.25) is 0 Å². The Hall–Kier alpha value is -2.95. The molecule has 0 aliphatic carbocycles. The van der Waals surface area contributed by atoms with Crippen LogP contribution in [0.15, 0.2) is 49.1 Å². The summed E-state index contributed by atoms with van der Waals surface area (Å²) in [6.07, 6.45) is 8.62. The average molecular weight is 481 g/mol. The highest BCUT2D eigenvalue weighted by Gasteiger charge is 2.46. The molecule has 5 heteroatoms. The van der Waals surface area contributed by atoms with Crippen molar-refractivity contribution < 1.29 is 0 Å². The predicted octanol–water partition coefficient (Wildman–Crippen LogP) is 7.70. The van der Waals surface area contributed by atoms with Crippen LogP contribution in [0, 0.1) is 13.8 Å². The molecule has 1 aromatic heterocycles. The van der Waals surface area contributed by atoms with Gasteiger partial charge in [-0.2, -0.15) is 0 Å². The standard InChI is InChI=1S/C31H41BN4/c1-20-12-13-21(2)26-25(20)28-33-14-15-36(28)32-34(26)16-17-35(32)27-23(30(6,7)8)18-22(29(3,4)5)19-24(27)31(9,10)11/h12-19H,1-11H3. The van der Waals surface area contributed by atoms with Gasteiger partial charge in [-0.15, -0.1) is 0 Å². The molecule has 4 nitrogen and oxygen atoms in total. The first kappa shape index (κ1) is 24.7. The van der Waals surface area contributed by atoms with E-state index in [9.17, 15) is 0 Å². The zero-order chi connectivity index (χ0) is 26.4. The van der Waals surface area contributed by atoms with E-state index in [-0.39, 0.29) is 23.4 Å². The highest BCUT2D eigenvalue weighted by Crippen LogP contribution is 2.48. The summed E-state index contributed by atoms with van der Waals surface area (Å²) in [5.74, 6) is 1.04. The minimum atomic E-state index is -0.0295. The number of aryl methyl sites for hydroxylation is 2. The van der Waals surface area contributed by atoms with Gasteiger partial charge in [0, 0.05) is 41.7 Å². The van der Waals surface area contributed by atoms with Gasteiger partial charge in [0.15, 0.2) is 0 Å². The molecule has 2 aromatic carbocycles. The van der Waals surface area contributed by atoms with Crippen LogP contribution in [0.25, 0.3) is 11.4 Å². The SMILES string of the molecule is Cc1ccc(C)c2c1-c1nccn1B1N(c3c(C(C)(C)C)cc(C(C)(C)C)cc3C(C)(C)C)C=CN12. The van der Waals surface area contributed by atoms with Gasteiger partial charge in [0.05, 0.1) is 0 Å². The van der Waals surface area contributed by atoms with E-state index < -0.39 is 0 Å². The predicted molar refractivity (Wildman–Crippen MR) is 155 cm³/mol. The summed E-state index contributed by atoms with van der Waals surface area (Å²) < 4.78 is 2.34. The summed E-state index contributed by atoms with van der Waals surface area (Å²) in [6.45, 7) is 25.4. The maximum Gasteiger partial charge on any atom is 0.519 e. The van der Waals surface area contributed by atoms with Crippen molar-refractivity contribution in [3.63, 3.8) is 0 Å². The Labute approximate surface area is 218 Å². The molecular weight excluding hydrogens is 439 g/mol. The van der Waals surface area contributed by atoms with Crippen molar-refractivity contribution in [2.45, 2.75) is 92.4 Å². The van der Waals surface area contributed by atoms with Gasteiger partial charge in [-0.05, 0) is 57.9 Å². The lowest BCUT2D eigenvalue weighted by molar-refractivity contribution is 0.550. The number of hydrogen-bond donors (Lipinski definition) is 0. The average Bonchev–Trinajstić information content (AvgIpc) is 3.39. The molecule has 36 heavy (non-hydrogen) atoms. The Morgan fingerprint density at radius 3 is 1.75 bits per heavy atom. The highest BCUT2D eigenvalue weighted by atomic mass is 15.4. The maximum absolute atomic E-state index is 4.86. The van der Waals surface area contributed by atoms with Gasteiger partial charge in [-0.3, -0.25) is 0 Å². The second-order valence-electron chi connectivity index (χ2n) is 13.7. The lowest BCUT2D eigenvalue weighted by Crippen LogP contribution is -2.53. The summed E-state index contributed by atoms with van der Waals surface area (Å²) in [6, 6.07) is 9.37. The number of anilines is 2. The minimum Gasteiger partial charge on any atom is -0.350 e. The van der Waals surface area contributed by atoms with E-state index in [0.29, 0.717) is 0 Å². The molecular formula is C31H41BN4. The number of nitrogens with zero attached hydrogens (tertiary/aromatic N) is 4. The molecule has 0 saturated carbocycles. The minimum absolute atomic E-state index is 0.0191. The number of fused-ring (bicyclic) bond motifs is 6. The van der Waals surface area contributed by atoms with E-state index in [0.717, 1.165) is 5.82 Å². The molecule has 3 aromatic rings. The zero-order valence-corrected chi connectivity index (χ0v) is 24.0. The largest absolute Gasteiger partial charge is 0.519 e. The van der Waals surface area contributed by atoms with Crippen molar-refractivity contribution >= 4 is 18.5 Å². The summed E-state index contributed by atoms with van der Waals surface area (Å²) in [5, 5.41) is 0. The first-order valence-corrected chi connectivity index (χ1v) is 13.2. The molecule has 0 fully saturated rings. The number of aromatic nitrogens is 2. The lowest BCUT2D eigenvalue weighted by Gasteiger charge is -2.41. The van der Waals surface area contributed by atoms with E-state index in [2.05, 4.69) is 133 Å². The molecule has 0 radical (unpaired) electrons. The van der Waals surface area contributed by atoms with Gasteiger partial charge >= 0.3 is 7.12 Å². The second kappa shape index (κ2) is 7.78. The first-order valence-electron chi connectivity index (χ1n) is 13.2. The Morgan fingerprint density at radius 1 is 0.694 bits per heavy atom. The van der Waals surface area contributed by atoms with Crippen molar-refractivity contribution in [1.82, 2.24) is 9.46 Å². The topological polar surface area (TPSA) is 24.3 Å². The molecule has 2 aliphatic heterocycles. The second-order valence-corrected chi connectivity index (χ2v) is 13.7. The number of benzene rings is 2. The van der Waals surface area contributed by atoms with Gasteiger partial charge in [-0.25, -0.2) is 4.98 Å². The van der Waals surface area contributed by atoms with E-state index in [1.54, 1.807) is 0 Å². The summed E-state index contributed by atoms with van der Waals surface area (Å²) in [7, 11) is -0.0295. The van der Waals surface area contributed by atoms with Crippen molar-refractivity contribution in [3.8, 4) is 11.4 Å². The van der Waals surface area contributed by atoms with Crippen LogP contribution >= 0.6 is 0 Å². The van der Waals surface area contributed by atoms with Gasteiger partial charge in [-0.1, -0.05) is 86.6 Å². The molecule has 2 aliphatic rings. The fourth-order valence-electron chi connectivity index (χ4n) is 5.67. The van der Waals surface area contributed by atoms with Crippen LogP contribution in [0.4, 0.5) is 11.4 Å². The molecule has 0 unspecified atom stereocenters. The number of rotatable bonds is 1. The normalized spacial score (nSPS) is 15.4. The summed E-state index contributed by atoms with van der Waals surface area (Å²) in [5.41, 5.74) is 10.6. The molecule has 188 valence electrons. The summed E-state index contributed by atoms with van der Waals surface area (Å²) >= 11 is 0. The monoisotopic (exact) mass is 480 g/mol. The van der Waals surface area contributed by atoms with Crippen LogP contribution < -0.4 is 9.62 Å². The van der Waals surface area contributed by atoms with Crippen LogP contribution in [0.2, 0.25) is 0 Å². The van der Waals surface area contributed by atoms with E-state index in [4.69, 9.17) is 4.98 Å². The van der Waals surface area contributed by atoms with Crippen molar-refractivity contribution in [1.29, 1.82) is 0 Å². The van der Waals surface area contributed by atoms with Crippen LogP contribution in [0.5, 0.6) is 0 Å². The Balaban J connectivity index is 1.80. The third-order valence-corrected chi connectivity index (χ3v) is 7.72.